The second kappa shape index (κ2) is 22.1. The fraction of sp³-hybridized carbons (Fsp3) is 0.525. The van der Waals surface area contributed by atoms with E-state index in [1.165, 1.54) is 20.9 Å². The Morgan fingerprint density at radius 2 is 1.29 bits per heavy atom. The summed E-state index contributed by atoms with van der Waals surface area (Å²) in [5.74, 6) is 0.578. The molecular weight excluding hydrogens is 736 g/mol. The molecule has 1 atom stereocenters. The van der Waals surface area contributed by atoms with Crippen molar-refractivity contribution in [3.05, 3.63) is 70.5 Å². The minimum Gasteiger partial charge on any atom is -0.484 e. The average Bonchev–Trinajstić information content (AvgIpc) is 3.15. The maximum atomic E-state index is 13.3. The minimum atomic E-state index is -0.411. The largest absolute Gasteiger partial charge is 0.484 e. The Kier molecular flexibility index (Phi) is 17.4. The molecule has 1 aromatic heterocycles. The zero-order valence-electron chi connectivity index (χ0n) is 33.4. The maximum Gasteiger partial charge on any atom is 0.274 e. The van der Waals surface area contributed by atoms with E-state index < -0.39 is 5.91 Å². The van der Waals surface area contributed by atoms with Crippen molar-refractivity contribution >= 4 is 41.0 Å². The van der Waals surface area contributed by atoms with Crippen LogP contribution < -0.4 is 46.7 Å². The predicted octanol–water partition coefficient (Wildman–Crippen LogP) is -0.452. The Labute approximate surface area is 336 Å². The standard InChI is InChI=1S/C40H59ClN10O5/c1-49(2)21-19-44-34(52)27-55-32-15-11-29(12-16-32)8-5-23-51(25-7-10-31(26-51)46-40(54)36-38(42)48-39(43)37(41)47-36)24-6-9-30-13-17-33(18-14-30)56-28-35(53)45-20-22-50(3)4/h11-18,31H,5-10,19-28H2,1-4H3,(H6-,42,43,44,45,46,48,52,53,54)/p+3. The number of hydrogen-bond donors (Lipinski definition) is 7. The number of nitrogens with two attached hydrogens (primary N) is 2. The highest BCUT2D eigenvalue weighted by atomic mass is 35.5. The second-order valence-corrected chi connectivity index (χ2v) is 15.7. The van der Waals surface area contributed by atoms with Crippen molar-refractivity contribution in [1.29, 1.82) is 0 Å². The molecule has 9 N–H and O–H groups in total. The SMILES string of the molecule is C[NH+](C)CCNC(=O)COc1ccc(CCC[N+]2(CCCc3ccc(OCC(=O)NCC[NH+](C)C)cc3)CCCC(NC(=O)c3nc(Cl)c(N)nc3N)C2)cc1. The Morgan fingerprint density at radius 3 is 1.77 bits per heavy atom. The summed E-state index contributed by atoms with van der Waals surface area (Å²) in [5.41, 5.74) is 14.1. The van der Waals surface area contributed by atoms with Crippen LogP contribution in [0, 0.1) is 0 Å². The minimum absolute atomic E-state index is 0.0148. The number of nitrogen functional groups attached to an aromatic ring is 2. The van der Waals surface area contributed by atoms with Gasteiger partial charge in [0.25, 0.3) is 17.7 Å². The Morgan fingerprint density at radius 1 is 0.786 bits per heavy atom. The number of nitrogens with zero attached hydrogens (tertiary/aromatic N) is 3. The lowest BCUT2D eigenvalue weighted by Crippen LogP contribution is -3.06. The molecule has 2 heterocycles. The van der Waals surface area contributed by atoms with Crippen molar-refractivity contribution in [2.45, 2.75) is 44.6 Å². The summed E-state index contributed by atoms with van der Waals surface area (Å²) in [6.07, 6.45) is 5.49. The first-order valence-corrected chi connectivity index (χ1v) is 20.0. The number of halogens is 1. The van der Waals surface area contributed by atoms with E-state index in [1.54, 1.807) is 0 Å². The van der Waals surface area contributed by atoms with Gasteiger partial charge in [0.1, 0.15) is 11.5 Å². The van der Waals surface area contributed by atoms with Crippen molar-refractivity contribution in [3.63, 3.8) is 0 Å². The number of rotatable bonds is 22. The van der Waals surface area contributed by atoms with E-state index in [9.17, 15) is 14.4 Å². The number of anilines is 2. The molecule has 0 aliphatic carbocycles. The molecule has 3 amide bonds. The molecule has 0 bridgehead atoms. The highest BCUT2D eigenvalue weighted by Crippen LogP contribution is 2.25. The Balaban J connectivity index is 1.34. The lowest BCUT2D eigenvalue weighted by atomic mass is 9.99. The molecule has 56 heavy (non-hydrogen) atoms. The van der Waals surface area contributed by atoms with Gasteiger partial charge < -0.3 is 51.2 Å². The number of ether oxygens (including phenoxy) is 2. The van der Waals surface area contributed by atoms with Crippen LogP contribution in [0.2, 0.25) is 5.15 Å². The third kappa shape index (κ3) is 15.1. The van der Waals surface area contributed by atoms with Crippen LogP contribution in [0.1, 0.15) is 47.3 Å². The molecule has 1 aliphatic rings. The number of carbonyl (C=O) groups excluding carboxylic acids is 3. The van der Waals surface area contributed by atoms with Gasteiger partial charge in [-0.3, -0.25) is 14.4 Å². The molecule has 0 spiro atoms. The average molecular weight is 798 g/mol. The second-order valence-electron chi connectivity index (χ2n) is 15.3. The molecule has 1 unspecified atom stereocenters. The van der Waals surface area contributed by atoms with Gasteiger partial charge in [0, 0.05) is 12.8 Å². The van der Waals surface area contributed by atoms with E-state index in [1.807, 2.05) is 52.5 Å². The summed E-state index contributed by atoms with van der Waals surface area (Å²) in [4.78, 5) is 48.2. The number of benzene rings is 2. The molecular formula is C40H62ClN10O5+3. The van der Waals surface area contributed by atoms with Crippen LogP contribution in [0.5, 0.6) is 11.5 Å². The Hall–Kier alpha value is -4.70. The lowest BCUT2D eigenvalue weighted by Gasteiger charge is -2.45. The zero-order chi connectivity index (χ0) is 40.5. The number of aromatic nitrogens is 2. The van der Waals surface area contributed by atoms with Crippen LogP contribution in [0.15, 0.2) is 48.5 Å². The van der Waals surface area contributed by atoms with Gasteiger partial charge in [0.15, 0.2) is 35.7 Å². The molecule has 2 aromatic carbocycles. The van der Waals surface area contributed by atoms with Crippen LogP contribution in [0.4, 0.5) is 11.6 Å². The number of amides is 3. The number of quaternary nitrogens is 3. The van der Waals surface area contributed by atoms with Crippen LogP contribution in [-0.2, 0) is 22.4 Å². The van der Waals surface area contributed by atoms with E-state index >= 15 is 0 Å². The fourth-order valence-corrected chi connectivity index (χ4v) is 6.99. The Bertz CT molecular complexity index is 1630. The van der Waals surface area contributed by atoms with E-state index in [0.29, 0.717) is 24.6 Å². The number of carbonyl (C=O) groups is 3. The van der Waals surface area contributed by atoms with Crippen molar-refractivity contribution in [1.82, 2.24) is 25.9 Å². The first-order valence-electron chi connectivity index (χ1n) is 19.6. The van der Waals surface area contributed by atoms with Gasteiger partial charge in [-0.1, -0.05) is 35.9 Å². The van der Waals surface area contributed by atoms with Gasteiger partial charge in [-0.2, -0.15) is 0 Å². The molecule has 1 fully saturated rings. The topological polar surface area (TPSA) is 192 Å². The first-order chi connectivity index (χ1) is 26.8. The third-order valence-electron chi connectivity index (χ3n) is 9.92. The fourth-order valence-electron chi connectivity index (χ4n) is 6.87. The smallest absolute Gasteiger partial charge is 0.274 e. The molecule has 1 saturated heterocycles. The summed E-state index contributed by atoms with van der Waals surface area (Å²) in [6.45, 7) is 6.57. The lowest BCUT2D eigenvalue weighted by molar-refractivity contribution is -0.933. The summed E-state index contributed by atoms with van der Waals surface area (Å²) in [5, 5.41) is 8.86. The van der Waals surface area contributed by atoms with Crippen LogP contribution >= 0.6 is 11.6 Å². The highest BCUT2D eigenvalue weighted by Gasteiger charge is 2.35. The van der Waals surface area contributed by atoms with Crippen molar-refractivity contribution in [2.75, 3.05) is 105 Å². The number of likely N-dealkylation sites (tertiary alicyclic amines) is 1. The molecule has 16 heteroatoms. The van der Waals surface area contributed by atoms with Gasteiger partial charge in [-0.25, -0.2) is 9.97 Å². The number of aryl methyl sites for hydroxylation is 2. The predicted molar refractivity (Wildman–Crippen MR) is 218 cm³/mol. The first kappa shape index (κ1) is 44.0. The van der Waals surface area contributed by atoms with Gasteiger partial charge in [-0.15, -0.1) is 0 Å². The summed E-state index contributed by atoms with van der Waals surface area (Å²) < 4.78 is 12.3. The summed E-state index contributed by atoms with van der Waals surface area (Å²) in [7, 11) is 8.17. The van der Waals surface area contributed by atoms with Gasteiger partial charge in [-0.05, 0) is 61.1 Å². The maximum absolute atomic E-state index is 13.3. The number of hydrogen-bond acceptors (Lipinski definition) is 9. The van der Waals surface area contributed by atoms with E-state index in [-0.39, 0.29) is 53.6 Å². The number of nitrogens with one attached hydrogen (secondary N) is 5. The van der Waals surface area contributed by atoms with E-state index in [0.717, 1.165) is 82.3 Å². The molecule has 3 aromatic rings. The number of likely N-dealkylation sites (N-methyl/N-ethyl adjacent to an activating group) is 2. The quantitative estimate of drug-likeness (QED) is 0.0660. The molecule has 1 aliphatic heterocycles. The number of piperidine rings is 1. The van der Waals surface area contributed by atoms with Gasteiger partial charge in [0.05, 0.1) is 86.6 Å². The molecule has 0 radical (unpaired) electrons. The van der Waals surface area contributed by atoms with Gasteiger partial charge in [0.2, 0.25) is 0 Å². The van der Waals surface area contributed by atoms with Crippen LogP contribution in [0.3, 0.4) is 0 Å². The monoisotopic (exact) mass is 797 g/mol. The van der Waals surface area contributed by atoms with Crippen LogP contribution in [-0.4, -0.2) is 132 Å². The highest BCUT2D eigenvalue weighted by molar-refractivity contribution is 6.31. The van der Waals surface area contributed by atoms with E-state index in [4.69, 9.17) is 32.5 Å². The summed E-state index contributed by atoms with van der Waals surface area (Å²) >= 11 is 6.07. The van der Waals surface area contributed by atoms with Crippen LogP contribution in [0.25, 0.3) is 0 Å². The van der Waals surface area contributed by atoms with Gasteiger partial charge >= 0.3 is 0 Å². The summed E-state index contributed by atoms with van der Waals surface area (Å²) in [6, 6.07) is 15.8. The molecule has 15 nitrogen and oxygen atoms in total. The zero-order valence-corrected chi connectivity index (χ0v) is 34.2. The van der Waals surface area contributed by atoms with Crippen molar-refractivity contribution in [2.24, 2.45) is 0 Å². The van der Waals surface area contributed by atoms with Crippen molar-refractivity contribution < 1.29 is 38.1 Å². The van der Waals surface area contributed by atoms with E-state index in [2.05, 4.69) is 50.2 Å². The molecule has 4 rings (SSSR count). The third-order valence-corrected chi connectivity index (χ3v) is 10.2. The normalized spacial score (nSPS) is 15.0. The van der Waals surface area contributed by atoms with Crippen molar-refractivity contribution in [3.8, 4) is 11.5 Å². The molecule has 0 saturated carbocycles. The molecule has 306 valence electrons.